The van der Waals surface area contributed by atoms with Crippen LogP contribution < -0.4 is 9.47 Å². The van der Waals surface area contributed by atoms with Gasteiger partial charge < -0.3 is 28.8 Å². The van der Waals surface area contributed by atoms with Gasteiger partial charge in [0.1, 0.15) is 23.0 Å². The number of phenolic OH excluding ortho intramolecular Hbond substituents is 2. The number of fused-ring (bicyclic) bond motifs is 6. The summed E-state index contributed by atoms with van der Waals surface area (Å²) >= 11 is 0. The van der Waals surface area contributed by atoms with Crippen molar-refractivity contribution in [2.75, 3.05) is 0 Å². The maximum atomic E-state index is 12.9. The number of phenols is 2. The van der Waals surface area contributed by atoms with Crippen LogP contribution in [-0.4, -0.2) is 31.6 Å². The van der Waals surface area contributed by atoms with Gasteiger partial charge in [0.25, 0.3) is 0 Å². The van der Waals surface area contributed by atoms with Gasteiger partial charge in [-0.05, 0) is 296 Å². The van der Waals surface area contributed by atoms with Crippen LogP contribution in [0.3, 0.4) is 0 Å². The number of aromatic nitrogens is 2. The zero-order valence-corrected chi connectivity index (χ0v) is 58.9. The molecule has 0 aliphatic carbocycles. The Morgan fingerprint density at radius 2 is 0.536 bits per heavy atom. The monoisotopic (exact) mass is 1270 g/mol. The molecule has 12 aromatic carbocycles. The largest absolute Gasteiger partial charge is 0.505 e. The summed E-state index contributed by atoms with van der Waals surface area (Å²) < 4.78 is 18.4. The molecule has 0 radical (unpaired) electrons. The number of ether oxygens (including phenoxy) is 2. The number of benzene rings is 12. The Hall–Kier alpha value is -10.6. The van der Waals surface area contributed by atoms with Crippen molar-refractivity contribution in [1.29, 1.82) is 0 Å². The zero-order valence-electron chi connectivity index (χ0n) is 58.9. The third kappa shape index (κ3) is 11.5. The summed E-state index contributed by atoms with van der Waals surface area (Å²) in [5.74, 6) is 1.66. The van der Waals surface area contributed by atoms with Crippen molar-refractivity contribution < 1.29 is 19.7 Å². The second kappa shape index (κ2) is 24.9. The van der Waals surface area contributed by atoms with Crippen LogP contribution in [0.1, 0.15) is 98.2 Å². The number of para-hydroxylation sites is 2. The number of hydrogen-bond acceptors (Lipinski definition) is 4. The van der Waals surface area contributed by atoms with Gasteiger partial charge >= 0.3 is 0 Å². The molecule has 0 aliphatic heterocycles. The predicted molar refractivity (Wildman–Crippen MR) is 409 cm³/mol. The normalized spacial score (nSPS) is 12.4. The van der Waals surface area contributed by atoms with Gasteiger partial charge in [-0.3, -0.25) is 0 Å². The fourth-order valence-electron chi connectivity index (χ4n) is 16.6. The Morgan fingerprint density at radius 1 is 0.289 bits per heavy atom. The van der Waals surface area contributed by atoms with Crippen LogP contribution in [-0.2, 0) is 0 Å². The Morgan fingerprint density at radius 3 is 0.804 bits per heavy atom. The molecule has 2 N–H and O–H groups in total. The second-order valence-electron chi connectivity index (χ2n) is 28.1. The summed E-state index contributed by atoms with van der Waals surface area (Å²) in [6, 6.07) is 69.8. The first-order chi connectivity index (χ1) is 46.5. The van der Waals surface area contributed by atoms with E-state index < -0.39 is 0 Å². The molecule has 97 heavy (non-hydrogen) atoms. The average molecular weight is 1270 g/mol. The predicted octanol–water partition coefficient (Wildman–Crippen LogP) is 24.2. The van der Waals surface area contributed by atoms with E-state index in [4.69, 9.17) is 9.47 Å². The summed E-state index contributed by atoms with van der Waals surface area (Å²) in [5.41, 5.74) is 35.0. The summed E-state index contributed by atoms with van der Waals surface area (Å²) in [6.45, 7) is 34.7. The van der Waals surface area contributed by atoms with Gasteiger partial charge in [0.15, 0.2) is 0 Å². The first-order valence-corrected chi connectivity index (χ1v) is 34.2. The number of aryl methyl sites for hydroxylation is 14. The second-order valence-corrected chi connectivity index (χ2v) is 28.1. The number of aromatic hydroxyl groups is 2. The lowest BCUT2D eigenvalue weighted by molar-refractivity contribution is 0.131. The molecule has 0 saturated carbocycles. The van der Waals surface area contributed by atoms with Gasteiger partial charge in [0, 0.05) is 50.2 Å². The van der Waals surface area contributed by atoms with E-state index in [1.807, 2.05) is 48.5 Å². The highest BCUT2D eigenvalue weighted by Gasteiger charge is 2.26. The molecule has 2 atom stereocenters. The van der Waals surface area contributed by atoms with Crippen molar-refractivity contribution in [1.82, 2.24) is 9.13 Å². The SMILES string of the molecule is Cc1cc(C)c(-c2ccc3c(c2)c2cc(-c4c(C)cc(C)cc4C)ccc2n3-c2cc(C)cc(-c3ccccc3OC(C)C[C@H](C)Oc3ccccc3-c3cc(C)cc(-n4c5ccc(-c6c(C)cc(C)cc6C)cc5c5cc(-c6c(C)cc(C)cc6C)ccc54)c3O)c2O)c(C)c1. The minimum Gasteiger partial charge on any atom is -0.505 e. The fraction of sp³-hybridized carbons (Fsp3) is 0.209. The van der Waals surface area contributed by atoms with Crippen LogP contribution >= 0.6 is 0 Å². The molecule has 0 spiro atoms. The summed E-state index contributed by atoms with van der Waals surface area (Å²) in [5, 5.41) is 30.3. The van der Waals surface area contributed by atoms with Crippen molar-refractivity contribution in [2.45, 2.75) is 129 Å². The van der Waals surface area contributed by atoms with Crippen molar-refractivity contribution in [3.8, 4) is 101 Å². The van der Waals surface area contributed by atoms with Crippen LogP contribution in [0.15, 0.2) is 194 Å². The zero-order chi connectivity index (χ0) is 68.2. The van der Waals surface area contributed by atoms with E-state index in [2.05, 4.69) is 266 Å². The minimum atomic E-state index is -0.301. The lowest BCUT2D eigenvalue weighted by Crippen LogP contribution is -2.23. The highest BCUT2D eigenvalue weighted by Crippen LogP contribution is 2.48. The van der Waals surface area contributed by atoms with Gasteiger partial charge in [-0.25, -0.2) is 0 Å². The van der Waals surface area contributed by atoms with Crippen LogP contribution in [0.5, 0.6) is 23.0 Å². The molecule has 14 rings (SSSR count). The lowest BCUT2D eigenvalue weighted by atomic mass is 9.91. The fourth-order valence-corrected chi connectivity index (χ4v) is 16.6. The number of hydrogen-bond donors (Lipinski definition) is 2. The van der Waals surface area contributed by atoms with Crippen molar-refractivity contribution in [3.05, 3.63) is 272 Å². The van der Waals surface area contributed by atoms with E-state index in [-0.39, 0.29) is 23.7 Å². The Bertz CT molecular complexity index is 4890. The summed E-state index contributed by atoms with van der Waals surface area (Å²) in [4.78, 5) is 0. The van der Waals surface area contributed by atoms with Gasteiger partial charge in [-0.15, -0.1) is 0 Å². The van der Waals surface area contributed by atoms with E-state index in [0.717, 1.165) is 65.9 Å². The van der Waals surface area contributed by atoms with E-state index in [1.165, 1.54) is 111 Å². The summed E-state index contributed by atoms with van der Waals surface area (Å²) in [6.07, 6.45) is -0.0581. The number of rotatable bonds is 14. The quantitative estimate of drug-likeness (QED) is 0.114. The standard InChI is InChI=1S/C91H86N2O4/c1-50-33-56(7)86(57(8)34-50)66-25-29-78-72(46-66)73-47-67(87-58(9)35-51(2)36-59(87)10)26-30-79(73)92(78)82-43-54(5)41-76(90(82)94)70-21-17-19-23-84(70)96-64(15)45-65(16)97-85-24-20-18-22-71(85)77-42-55(6)44-83(91(77)95)93-80-31-27-68(88-60(11)37-52(3)38-61(88)12)48-74(80)75-49-69(28-32-81(75)93)89-62(13)39-53(4)40-63(89)14/h17-44,46-49,64-65,94-95H,45H2,1-16H3/t64-,65?/m0/s1. The van der Waals surface area contributed by atoms with E-state index in [9.17, 15) is 10.2 Å². The Balaban J connectivity index is 0.787. The lowest BCUT2D eigenvalue weighted by Gasteiger charge is -2.24. The average Bonchev–Trinajstić information content (AvgIpc) is 1.60. The molecule has 0 aliphatic rings. The maximum Gasteiger partial charge on any atom is 0.147 e. The molecule has 0 saturated heterocycles. The van der Waals surface area contributed by atoms with Crippen molar-refractivity contribution >= 4 is 43.6 Å². The smallest absolute Gasteiger partial charge is 0.147 e. The van der Waals surface area contributed by atoms with Crippen molar-refractivity contribution in [3.63, 3.8) is 0 Å². The van der Waals surface area contributed by atoms with Crippen LogP contribution in [0.25, 0.3) is 122 Å². The van der Waals surface area contributed by atoms with Gasteiger partial charge in [0.2, 0.25) is 0 Å². The molecule has 14 aromatic rings. The molecule has 6 nitrogen and oxygen atoms in total. The molecule has 2 heterocycles. The first kappa shape index (κ1) is 63.8. The van der Waals surface area contributed by atoms with E-state index in [0.29, 0.717) is 40.4 Å². The molecule has 1 unspecified atom stereocenters. The molecule has 2 aromatic heterocycles. The summed E-state index contributed by atoms with van der Waals surface area (Å²) in [7, 11) is 0. The molecule has 0 fully saturated rings. The third-order valence-corrected chi connectivity index (χ3v) is 20.0. The van der Waals surface area contributed by atoms with Crippen LogP contribution in [0.4, 0.5) is 0 Å². The topological polar surface area (TPSA) is 68.8 Å². The van der Waals surface area contributed by atoms with E-state index in [1.54, 1.807) is 0 Å². The highest BCUT2D eigenvalue weighted by molar-refractivity contribution is 6.14. The third-order valence-electron chi connectivity index (χ3n) is 20.0. The molecule has 484 valence electrons. The van der Waals surface area contributed by atoms with E-state index >= 15 is 0 Å². The Kier molecular flexibility index (Phi) is 16.4. The molecular weight excluding hydrogens is 1190 g/mol. The van der Waals surface area contributed by atoms with Crippen LogP contribution in [0.2, 0.25) is 0 Å². The van der Waals surface area contributed by atoms with Crippen LogP contribution in [0, 0.1) is 96.9 Å². The molecule has 6 heteroatoms. The Labute approximate surface area is 571 Å². The molecule has 0 bridgehead atoms. The first-order valence-electron chi connectivity index (χ1n) is 34.2. The van der Waals surface area contributed by atoms with Crippen molar-refractivity contribution in [2.24, 2.45) is 0 Å². The highest BCUT2D eigenvalue weighted by atomic mass is 16.5. The minimum absolute atomic E-state index is 0.167. The molecular formula is C91H86N2O4. The maximum absolute atomic E-state index is 12.9. The van der Waals surface area contributed by atoms with Gasteiger partial charge in [-0.2, -0.15) is 0 Å². The van der Waals surface area contributed by atoms with Gasteiger partial charge in [0.05, 0.1) is 45.6 Å². The molecule has 0 amide bonds. The van der Waals surface area contributed by atoms with Gasteiger partial charge in [-0.1, -0.05) is 131 Å². The number of nitrogens with zero attached hydrogens (tertiary/aromatic N) is 2.